The summed E-state index contributed by atoms with van der Waals surface area (Å²) < 4.78 is 38.3. The van der Waals surface area contributed by atoms with Crippen molar-refractivity contribution < 1.29 is 13.2 Å². The highest BCUT2D eigenvalue weighted by Crippen LogP contribution is 2.34. The Kier molecular flexibility index (Phi) is 5.28. The lowest BCUT2D eigenvalue weighted by atomic mass is 9.81. The number of halogens is 3. The number of rotatable bonds is 4. The molecule has 0 spiro atoms. The fourth-order valence-corrected chi connectivity index (χ4v) is 2.95. The Morgan fingerprint density at radius 1 is 1.14 bits per heavy atom. The molecule has 0 aliphatic heterocycles. The minimum Gasteiger partial charge on any atom is -0.166 e. The van der Waals surface area contributed by atoms with Gasteiger partial charge in [-0.2, -0.15) is 13.2 Å². The normalized spacial score (nSPS) is 17.3. The molecule has 1 aromatic rings. The average molecular weight is 306 g/mol. The molecule has 1 fully saturated rings. The molecule has 0 bridgehead atoms. The van der Waals surface area contributed by atoms with Crippen LogP contribution < -0.4 is 0 Å². The van der Waals surface area contributed by atoms with E-state index in [1.807, 2.05) is 0 Å². The van der Waals surface area contributed by atoms with Gasteiger partial charge in [0, 0.05) is 0 Å². The van der Waals surface area contributed by atoms with E-state index in [9.17, 15) is 13.2 Å². The fourth-order valence-electron chi connectivity index (χ4n) is 2.95. The molecule has 1 aromatic carbocycles. The molecule has 22 heavy (non-hydrogen) atoms. The van der Waals surface area contributed by atoms with Crippen LogP contribution >= 0.6 is 0 Å². The number of hydrogen-bond donors (Lipinski definition) is 0. The molecule has 0 unspecified atom stereocenters. The van der Waals surface area contributed by atoms with Crippen molar-refractivity contribution in [2.24, 2.45) is 5.92 Å². The van der Waals surface area contributed by atoms with Crippen molar-refractivity contribution in [1.29, 1.82) is 0 Å². The van der Waals surface area contributed by atoms with E-state index in [2.05, 4.69) is 13.2 Å². The standard InChI is InChI=1S/C19H21F3/c1-3-16(14(2)17-9-5-4-6-10-17)12-15-8-7-11-18(13-15)19(20,21)22/h3,7-8,11-13,17H,1-2,4-6,9-10H2/b16-12+. The Bertz CT molecular complexity index is 573. The SMILES string of the molecule is C=C/C(=C\c1cccc(C(F)(F)F)c1)C(=C)C1CCCCC1. The molecule has 0 N–H and O–H groups in total. The lowest BCUT2D eigenvalue weighted by molar-refractivity contribution is -0.137. The van der Waals surface area contributed by atoms with Gasteiger partial charge in [-0.25, -0.2) is 0 Å². The first-order valence-electron chi connectivity index (χ1n) is 7.62. The van der Waals surface area contributed by atoms with Gasteiger partial charge in [-0.3, -0.25) is 0 Å². The maximum Gasteiger partial charge on any atom is 0.416 e. The molecule has 0 amide bonds. The second-order valence-electron chi connectivity index (χ2n) is 5.79. The summed E-state index contributed by atoms with van der Waals surface area (Å²) in [6, 6.07) is 5.35. The third-order valence-electron chi connectivity index (χ3n) is 4.22. The molecular formula is C19H21F3. The molecule has 0 nitrogen and oxygen atoms in total. The van der Waals surface area contributed by atoms with Crippen molar-refractivity contribution in [3.8, 4) is 0 Å². The minimum absolute atomic E-state index is 0.420. The highest BCUT2D eigenvalue weighted by molar-refractivity contribution is 5.62. The lowest BCUT2D eigenvalue weighted by Crippen LogP contribution is -2.09. The van der Waals surface area contributed by atoms with Crippen LogP contribution in [-0.2, 0) is 6.18 Å². The highest BCUT2D eigenvalue weighted by atomic mass is 19.4. The second-order valence-corrected chi connectivity index (χ2v) is 5.79. The summed E-state index contributed by atoms with van der Waals surface area (Å²) >= 11 is 0. The van der Waals surface area contributed by atoms with E-state index in [0.29, 0.717) is 11.5 Å². The molecule has 2 rings (SSSR count). The predicted molar refractivity (Wildman–Crippen MR) is 85.3 cm³/mol. The van der Waals surface area contributed by atoms with Crippen LogP contribution in [0.2, 0.25) is 0 Å². The number of hydrogen-bond acceptors (Lipinski definition) is 0. The van der Waals surface area contributed by atoms with E-state index in [4.69, 9.17) is 0 Å². The minimum atomic E-state index is -4.32. The Morgan fingerprint density at radius 3 is 2.41 bits per heavy atom. The summed E-state index contributed by atoms with van der Waals surface area (Å²) in [6.45, 7) is 7.95. The third-order valence-corrected chi connectivity index (χ3v) is 4.22. The molecule has 0 aromatic heterocycles. The van der Waals surface area contributed by atoms with E-state index in [-0.39, 0.29) is 0 Å². The van der Waals surface area contributed by atoms with Crippen molar-refractivity contribution in [2.75, 3.05) is 0 Å². The Morgan fingerprint density at radius 2 is 1.82 bits per heavy atom. The van der Waals surface area contributed by atoms with E-state index >= 15 is 0 Å². The third kappa shape index (κ3) is 4.12. The summed E-state index contributed by atoms with van der Waals surface area (Å²) in [5.41, 5.74) is 1.73. The fraction of sp³-hybridized carbons (Fsp3) is 0.368. The Labute approximate surface area is 130 Å². The van der Waals surface area contributed by atoms with E-state index in [1.54, 1.807) is 18.2 Å². The smallest absolute Gasteiger partial charge is 0.166 e. The maximum atomic E-state index is 12.8. The quantitative estimate of drug-likeness (QED) is 0.564. The Hall–Kier alpha value is -1.77. The van der Waals surface area contributed by atoms with Gasteiger partial charge in [-0.15, -0.1) is 0 Å². The van der Waals surface area contributed by atoms with Crippen molar-refractivity contribution in [1.82, 2.24) is 0 Å². The van der Waals surface area contributed by atoms with Crippen molar-refractivity contribution >= 4 is 6.08 Å². The van der Waals surface area contributed by atoms with Crippen molar-refractivity contribution in [3.05, 3.63) is 65.8 Å². The van der Waals surface area contributed by atoms with Gasteiger partial charge in [-0.05, 0) is 53.7 Å². The molecule has 3 heteroatoms. The Balaban J connectivity index is 2.24. The zero-order valence-corrected chi connectivity index (χ0v) is 12.6. The lowest BCUT2D eigenvalue weighted by Gasteiger charge is -2.24. The van der Waals surface area contributed by atoms with Gasteiger partial charge >= 0.3 is 6.18 Å². The maximum absolute atomic E-state index is 12.8. The monoisotopic (exact) mass is 306 g/mol. The van der Waals surface area contributed by atoms with Crippen LogP contribution in [0.1, 0.15) is 43.2 Å². The summed E-state index contributed by atoms with van der Waals surface area (Å²) in [5, 5.41) is 0. The van der Waals surface area contributed by atoms with Crippen molar-refractivity contribution in [2.45, 2.75) is 38.3 Å². The van der Waals surface area contributed by atoms with E-state index in [0.717, 1.165) is 36.1 Å². The van der Waals surface area contributed by atoms with Crippen LogP contribution in [0.3, 0.4) is 0 Å². The number of allylic oxidation sites excluding steroid dienone is 3. The van der Waals surface area contributed by atoms with Gasteiger partial charge in [0.1, 0.15) is 0 Å². The largest absolute Gasteiger partial charge is 0.416 e. The van der Waals surface area contributed by atoms with Crippen LogP contribution in [0, 0.1) is 5.92 Å². The molecule has 1 aliphatic carbocycles. The highest BCUT2D eigenvalue weighted by Gasteiger charge is 2.30. The van der Waals surface area contributed by atoms with Gasteiger partial charge < -0.3 is 0 Å². The van der Waals surface area contributed by atoms with Crippen LogP contribution in [0.15, 0.2) is 54.6 Å². The van der Waals surface area contributed by atoms with Crippen molar-refractivity contribution in [3.63, 3.8) is 0 Å². The topological polar surface area (TPSA) is 0 Å². The first kappa shape index (κ1) is 16.6. The van der Waals surface area contributed by atoms with E-state index < -0.39 is 11.7 Å². The molecule has 0 radical (unpaired) electrons. The second kappa shape index (κ2) is 6.99. The molecular weight excluding hydrogens is 285 g/mol. The summed E-state index contributed by atoms with van der Waals surface area (Å²) in [7, 11) is 0. The van der Waals surface area contributed by atoms with Crippen LogP contribution in [0.4, 0.5) is 13.2 Å². The number of benzene rings is 1. The molecule has 118 valence electrons. The van der Waals surface area contributed by atoms with Gasteiger partial charge in [0.2, 0.25) is 0 Å². The zero-order chi connectivity index (χ0) is 16.2. The summed E-state index contributed by atoms with van der Waals surface area (Å²) in [6.07, 6.45) is 4.97. The molecule has 0 atom stereocenters. The molecule has 1 saturated carbocycles. The van der Waals surface area contributed by atoms with Crippen LogP contribution in [-0.4, -0.2) is 0 Å². The van der Waals surface area contributed by atoms with Crippen LogP contribution in [0.25, 0.3) is 6.08 Å². The first-order chi connectivity index (χ1) is 10.4. The average Bonchev–Trinajstić information content (AvgIpc) is 2.52. The first-order valence-corrected chi connectivity index (χ1v) is 7.62. The zero-order valence-electron chi connectivity index (χ0n) is 12.6. The predicted octanol–water partition coefficient (Wildman–Crippen LogP) is 6.41. The van der Waals surface area contributed by atoms with Gasteiger partial charge in [-0.1, -0.05) is 50.6 Å². The summed E-state index contributed by atoms with van der Waals surface area (Å²) in [4.78, 5) is 0. The van der Waals surface area contributed by atoms with Crippen LogP contribution in [0.5, 0.6) is 0 Å². The number of alkyl halides is 3. The van der Waals surface area contributed by atoms with E-state index in [1.165, 1.54) is 25.3 Å². The molecule has 1 aliphatic rings. The van der Waals surface area contributed by atoms with Gasteiger partial charge in [0.15, 0.2) is 0 Å². The molecule has 0 heterocycles. The molecule has 0 saturated heterocycles. The van der Waals surface area contributed by atoms with Gasteiger partial charge in [0.05, 0.1) is 5.56 Å². The van der Waals surface area contributed by atoms with Gasteiger partial charge in [0.25, 0.3) is 0 Å². The summed E-state index contributed by atoms with van der Waals surface area (Å²) in [5.74, 6) is 0.420.